The number of amides is 1. The van der Waals surface area contributed by atoms with E-state index in [0.717, 1.165) is 25.3 Å². The Morgan fingerprint density at radius 3 is 2.62 bits per heavy atom. The zero-order valence-corrected chi connectivity index (χ0v) is 16.7. The SMILES string of the molecule is NC(=O)c1ccc(S(=O)(=O)Nc2ccc3c(c2)OCCN3CCNC2CC2)cc1. The zero-order valence-electron chi connectivity index (χ0n) is 15.9. The number of hydrogen-bond donors (Lipinski definition) is 3. The number of nitrogens with two attached hydrogens (primary N) is 1. The minimum absolute atomic E-state index is 0.0499. The molecule has 9 heteroatoms. The van der Waals surface area contributed by atoms with Gasteiger partial charge in [-0.25, -0.2) is 8.42 Å². The summed E-state index contributed by atoms with van der Waals surface area (Å²) >= 11 is 0. The molecule has 4 rings (SSSR count). The van der Waals surface area contributed by atoms with Gasteiger partial charge in [0, 0.05) is 30.8 Å². The Morgan fingerprint density at radius 2 is 1.93 bits per heavy atom. The lowest BCUT2D eigenvalue weighted by Gasteiger charge is -2.31. The van der Waals surface area contributed by atoms with Crippen molar-refractivity contribution in [3.05, 3.63) is 48.0 Å². The van der Waals surface area contributed by atoms with Crippen LogP contribution in [0, 0.1) is 0 Å². The number of rotatable bonds is 8. The van der Waals surface area contributed by atoms with E-state index in [1.165, 1.54) is 37.1 Å². The second-order valence-corrected chi connectivity index (χ2v) is 8.92. The number of ether oxygens (including phenoxy) is 1. The van der Waals surface area contributed by atoms with Gasteiger partial charge in [0.1, 0.15) is 12.4 Å². The minimum Gasteiger partial charge on any atom is -0.489 e. The van der Waals surface area contributed by atoms with E-state index < -0.39 is 15.9 Å². The van der Waals surface area contributed by atoms with Gasteiger partial charge in [-0.15, -0.1) is 0 Å². The van der Waals surface area contributed by atoms with Crippen LogP contribution in [0.2, 0.25) is 0 Å². The van der Waals surface area contributed by atoms with Crippen molar-refractivity contribution < 1.29 is 17.9 Å². The van der Waals surface area contributed by atoms with Crippen LogP contribution in [0.5, 0.6) is 5.75 Å². The number of fused-ring (bicyclic) bond motifs is 1. The predicted molar refractivity (Wildman–Crippen MR) is 111 cm³/mol. The first-order valence-corrected chi connectivity index (χ1v) is 11.1. The van der Waals surface area contributed by atoms with Gasteiger partial charge in [-0.2, -0.15) is 0 Å². The highest BCUT2D eigenvalue weighted by molar-refractivity contribution is 7.92. The first-order valence-electron chi connectivity index (χ1n) is 9.60. The maximum Gasteiger partial charge on any atom is 0.261 e. The Labute approximate surface area is 170 Å². The molecule has 154 valence electrons. The van der Waals surface area contributed by atoms with Crippen molar-refractivity contribution in [3.63, 3.8) is 0 Å². The van der Waals surface area contributed by atoms with E-state index in [-0.39, 0.29) is 10.5 Å². The Balaban J connectivity index is 1.46. The monoisotopic (exact) mass is 416 g/mol. The van der Waals surface area contributed by atoms with Gasteiger partial charge in [-0.1, -0.05) is 0 Å². The highest BCUT2D eigenvalue weighted by atomic mass is 32.2. The van der Waals surface area contributed by atoms with Crippen LogP contribution >= 0.6 is 0 Å². The molecular formula is C20H24N4O4S. The molecule has 1 aliphatic carbocycles. The van der Waals surface area contributed by atoms with Gasteiger partial charge >= 0.3 is 0 Å². The molecule has 0 bridgehead atoms. The summed E-state index contributed by atoms with van der Waals surface area (Å²) in [5, 5.41) is 3.50. The predicted octanol–water partition coefficient (Wildman–Crippen LogP) is 1.54. The van der Waals surface area contributed by atoms with Crippen molar-refractivity contribution >= 4 is 27.3 Å². The fourth-order valence-corrected chi connectivity index (χ4v) is 4.33. The van der Waals surface area contributed by atoms with Crippen LogP contribution in [0.25, 0.3) is 0 Å². The third kappa shape index (κ3) is 4.63. The van der Waals surface area contributed by atoms with Gasteiger partial charge in [0.2, 0.25) is 5.91 Å². The summed E-state index contributed by atoms with van der Waals surface area (Å²) in [4.78, 5) is 13.4. The molecule has 0 aromatic heterocycles. The van der Waals surface area contributed by atoms with E-state index >= 15 is 0 Å². The van der Waals surface area contributed by atoms with Crippen LogP contribution in [-0.2, 0) is 10.0 Å². The van der Waals surface area contributed by atoms with E-state index in [1.807, 2.05) is 6.07 Å². The van der Waals surface area contributed by atoms with E-state index in [1.54, 1.807) is 12.1 Å². The molecule has 1 fully saturated rings. The molecule has 1 amide bonds. The second kappa shape index (κ2) is 7.92. The van der Waals surface area contributed by atoms with Crippen molar-refractivity contribution in [2.24, 2.45) is 5.73 Å². The zero-order chi connectivity index (χ0) is 20.4. The van der Waals surface area contributed by atoms with Gasteiger partial charge in [-0.05, 0) is 49.2 Å². The van der Waals surface area contributed by atoms with Gasteiger partial charge < -0.3 is 20.7 Å². The van der Waals surface area contributed by atoms with Crippen molar-refractivity contribution in [1.82, 2.24) is 5.32 Å². The molecule has 2 aromatic rings. The standard InChI is InChI=1S/C20H24N4O4S/c21-20(25)14-1-6-17(7-2-14)29(26,27)23-16-5-8-18-19(13-16)28-12-11-24(18)10-9-22-15-3-4-15/h1-2,5-8,13,15,22-23H,3-4,9-12H2,(H2,21,25). The third-order valence-electron chi connectivity index (χ3n) is 5.01. The molecule has 1 aliphatic heterocycles. The maximum atomic E-state index is 12.6. The summed E-state index contributed by atoms with van der Waals surface area (Å²) in [7, 11) is -3.79. The quantitative estimate of drug-likeness (QED) is 0.602. The number of carbonyl (C=O) groups excluding carboxylic acids is 1. The van der Waals surface area contributed by atoms with Crippen molar-refractivity contribution in [2.45, 2.75) is 23.8 Å². The fraction of sp³-hybridized carbons (Fsp3) is 0.350. The molecule has 0 saturated heterocycles. The molecule has 0 spiro atoms. The summed E-state index contributed by atoms with van der Waals surface area (Å²) in [5.74, 6) is 0.0533. The van der Waals surface area contributed by atoms with E-state index in [2.05, 4.69) is 14.9 Å². The highest BCUT2D eigenvalue weighted by Crippen LogP contribution is 2.34. The number of nitrogens with zero attached hydrogens (tertiary/aromatic N) is 1. The largest absolute Gasteiger partial charge is 0.489 e. The topological polar surface area (TPSA) is 114 Å². The van der Waals surface area contributed by atoms with Crippen LogP contribution in [-0.4, -0.2) is 46.6 Å². The Morgan fingerprint density at radius 1 is 1.17 bits per heavy atom. The first-order chi connectivity index (χ1) is 13.9. The minimum atomic E-state index is -3.79. The van der Waals surface area contributed by atoms with Crippen LogP contribution < -0.4 is 25.4 Å². The van der Waals surface area contributed by atoms with E-state index in [4.69, 9.17) is 10.5 Å². The van der Waals surface area contributed by atoms with Crippen molar-refractivity contribution in [2.75, 3.05) is 35.9 Å². The molecule has 1 heterocycles. The molecule has 29 heavy (non-hydrogen) atoms. The number of benzene rings is 2. The lowest BCUT2D eigenvalue weighted by atomic mass is 10.2. The summed E-state index contributed by atoms with van der Waals surface area (Å²) < 4.78 is 33.6. The molecule has 0 radical (unpaired) electrons. The second-order valence-electron chi connectivity index (χ2n) is 7.24. The summed E-state index contributed by atoms with van der Waals surface area (Å²) in [6, 6.07) is 11.5. The fourth-order valence-electron chi connectivity index (χ4n) is 3.28. The molecule has 2 aromatic carbocycles. The van der Waals surface area contributed by atoms with Crippen LogP contribution in [0.3, 0.4) is 0 Å². The molecule has 8 nitrogen and oxygen atoms in total. The Bertz CT molecular complexity index is 1000. The van der Waals surface area contributed by atoms with Gasteiger partial charge in [0.05, 0.1) is 22.8 Å². The van der Waals surface area contributed by atoms with Crippen molar-refractivity contribution in [3.8, 4) is 5.75 Å². The average molecular weight is 417 g/mol. The normalized spacial score (nSPS) is 16.1. The Hall–Kier alpha value is -2.78. The lowest BCUT2D eigenvalue weighted by Crippen LogP contribution is -2.38. The number of primary amides is 1. The molecular weight excluding hydrogens is 392 g/mol. The number of hydrogen-bond acceptors (Lipinski definition) is 6. The number of nitrogens with one attached hydrogen (secondary N) is 2. The van der Waals surface area contributed by atoms with Crippen LogP contribution in [0.1, 0.15) is 23.2 Å². The van der Waals surface area contributed by atoms with Crippen LogP contribution in [0.4, 0.5) is 11.4 Å². The molecule has 4 N–H and O–H groups in total. The molecule has 0 atom stereocenters. The maximum absolute atomic E-state index is 12.6. The van der Waals surface area contributed by atoms with Gasteiger partial charge in [0.15, 0.2) is 0 Å². The average Bonchev–Trinajstić information content (AvgIpc) is 3.52. The smallest absolute Gasteiger partial charge is 0.261 e. The lowest BCUT2D eigenvalue weighted by molar-refractivity contribution is 0.1000. The molecule has 2 aliphatic rings. The molecule has 0 unspecified atom stereocenters. The van der Waals surface area contributed by atoms with Crippen molar-refractivity contribution in [1.29, 1.82) is 0 Å². The summed E-state index contributed by atoms with van der Waals surface area (Å²) in [5.41, 5.74) is 6.83. The van der Waals surface area contributed by atoms with E-state index in [0.29, 0.717) is 24.1 Å². The summed E-state index contributed by atoms with van der Waals surface area (Å²) in [6.07, 6.45) is 2.52. The number of anilines is 2. The first kappa shape index (κ1) is 19.5. The van der Waals surface area contributed by atoms with Gasteiger partial charge in [-0.3, -0.25) is 9.52 Å². The van der Waals surface area contributed by atoms with Gasteiger partial charge in [0.25, 0.3) is 10.0 Å². The van der Waals surface area contributed by atoms with E-state index in [9.17, 15) is 13.2 Å². The molecule has 1 saturated carbocycles. The third-order valence-corrected chi connectivity index (χ3v) is 6.41. The number of sulfonamides is 1. The summed E-state index contributed by atoms with van der Waals surface area (Å²) in [6.45, 7) is 3.15. The van der Waals surface area contributed by atoms with Crippen LogP contribution in [0.15, 0.2) is 47.4 Å². The number of carbonyl (C=O) groups is 1. The Kier molecular flexibility index (Phi) is 5.33. The highest BCUT2D eigenvalue weighted by Gasteiger charge is 2.23.